The third-order valence-electron chi connectivity index (χ3n) is 6.72. The highest BCUT2D eigenvalue weighted by Crippen LogP contribution is 2.36. The van der Waals surface area contributed by atoms with E-state index in [4.69, 9.17) is 4.74 Å². The molecule has 2 heterocycles. The number of nitrogens with zero attached hydrogens (tertiary/aromatic N) is 3. The van der Waals surface area contributed by atoms with E-state index in [0.717, 1.165) is 48.1 Å². The predicted octanol–water partition coefficient (Wildman–Crippen LogP) is 4.08. The Hall–Kier alpha value is -2.89. The Morgan fingerprint density at radius 2 is 1.84 bits per heavy atom. The number of carbonyl (C=O) groups excluding carboxylic acids is 2. The van der Waals surface area contributed by atoms with E-state index in [-0.39, 0.29) is 12.5 Å². The molecule has 4 rings (SSSR count). The molecule has 1 amide bonds. The predicted molar refractivity (Wildman–Crippen MR) is 120 cm³/mol. The quantitative estimate of drug-likeness (QED) is 0.539. The van der Waals surface area contributed by atoms with Crippen molar-refractivity contribution in [1.29, 1.82) is 0 Å². The SMILES string of the molecule is Cc1nn(-c2ccccc2)c(C)c1/C=C/C(=O)OCC(=O)N1CC[C@H]2CCCC[C@H]2C1. The molecule has 31 heavy (non-hydrogen) atoms. The average Bonchev–Trinajstić information content (AvgIpc) is 3.09. The van der Waals surface area contributed by atoms with Crippen LogP contribution in [0.15, 0.2) is 36.4 Å². The van der Waals surface area contributed by atoms with Gasteiger partial charge in [-0.05, 0) is 56.7 Å². The van der Waals surface area contributed by atoms with Crippen molar-refractivity contribution in [3.63, 3.8) is 0 Å². The summed E-state index contributed by atoms with van der Waals surface area (Å²) in [5.74, 6) is 0.794. The number of aromatic nitrogens is 2. The van der Waals surface area contributed by atoms with E-state index < -0.39 is 5.97 Å². The van der Waals surface area contributed by atoms with Crippen LogP contribution in [0.2, 0.25) is 0 Å². The molecule has 0 spiro atoms. The molecule has 2 fully saturated rings. The second-order valence-electron chi connectivity index (χ2n) is 8.71. The summed E-state index contributed by atoms with van der Waals surface area (Å²) in [7, 11) is 0. The Morgan fingerprint density at radius 3 is 2.61 bits per heavy atom. The molecule has 1 aliphatic heterocycles. The van der Waals surface area contributed by atoms with Crippen LogP contribution in [-0.2, 0) is 14.3 Å². The van der Waals surface area contributed by atoms with Gasteiger partial charge in [-0.3, -0.25) is 4.79 Å². The Morgan fingerprint density at radius 1 is 1.10 bits per heavy atom. The molecule has 1 saturated heterocycles. The fourth-order valence-electron chi connectivity index (χ4n) is 4.97. The maximum Gasteiger partial charge on any atom is 0.331 e. The number of hydrogen-bond donors (Lipinski definition) is 0. The lowest BCUT2D eigenvalue weighted by molar-refractivity contribution is -0.149. The van der Waals surface area contributed by atoms with Gasteiger partial charge in [0.2, 0.25) is 0 Å². The molecule has 0 radical (unpaired) electrons. The number of benzene rings is 1. The molecule has 0 bridgehead atoms. The third kappa shape index (κ3) is 4.89. The number of aryl methyl sites for hydroxylation is 1. The third-order valence-corrected chi connectivity index (χ3v) is 6.72. The zero-order chi connectivity index (χ0) is 21.8. The van der Waals surface area contributed by atoms with Crippen LogP contribution < -0.4 is 0 Å². The van der Waals surface area contributed by atoms with Crippen LogP contribution in [0.25, 0.3) is 11.8 Å². The molecule has 1 aromatic carbocycles. The van der Waals surface area contributed by atoms with Crippen molar-refractivity contribution in [2.75, 3.05) is 19.7 Å². The van der Waals surface area contributed by atoms with E-state index >= 15 is 0 Å². The highest BCUT2D eigenvalue weighted by atomic mass is 16.5. The smallest absolute Gasteiger partial charge is 0.331 e. The van der Waals surface area contributed by atoms with Crippen molar-refractivity contribution < 1.29 is 14.3 Å². The maximum absolute atomic E-state index is 12.5. The van der Waals surface area contributed by atoms with Gasteiger partial charge in [0.25, 0.3) is 5.91 Å². The summed E-state index contributed by atoms with van der Waals surface area (Å²) in [4.78, 5) is 26.6. The second kappa shape index (κ2) is 9.50. The van der Waals surface area contributed by atoms with E-state index in [1.165, 1.54) is 31.8 Å². The number of amides is 1. The van der Waals surface area contributed by atoms with Gasteiger partial charge in [-0.1, -0.05) is 37.5 Å². The van der Waals surface area contributed by atoms with Crippen LogP contribution in [0.3, 0.4) is 0 Å². The van der Waals surface area contributed by atoms with E-state index in [2.05, 4.69) is 5.10 Å². The summed E-state index contributed by atoms with van der Waals surface area (Å²) in [5, 5.41) is 4.58. The number of likely N-dealkylation sites (tertiary alicyclic amines) is 1. The highest BCUT2D eigenvalue weighted by Gasteiger charge is 2.33. The summed E-state index contributed by atoms with van der Waals surface area (Å²) < 4.78 is 7.10. The van der Waals surface area contributed by atoms with Gasteiger partial charge in [-0.2, -0.15) is 5.10 Å². The average molecular weight is 422 g/mol. The molecule has 0 unspecified atom stereocenters. The Bertz CT molecular complexity index is 964. The number of ether oxygens (including phenoxy) is 1. The second-order valence-corrected chi connectivity index (χ2v) is 8.71. The molecule has 2 aliphatic rings. The van der Waals surface area contributed by atoms with Crippen LogP contribution in [0.4, 0.5) is 0 Å². The first-order valence-electron chi connectivity index (χ1n) is 11.3. The zero-order valence-electron chi connectivity index (χ0n) is 18.4. The minimum atomic E-state index is -0.507. The summed E-state index contributed by atoms with van der Waals surface area (Å²) in [6, 6.07) is 9.87. The van der Waals surface area contributed by atoms with Gasteiger partial charge in [-0.15, -0.1) is 0 Å². The van der Waals surface area contributed by atoms with E-state index in [0.29, 0.717) is 5.92 Å². The monoisotopic (exact) mass is 421 g/mol. The summed E-state index contributed by atoms with van der Waals surface area (Å²) >= 11 is 0. The summed E-state index contributed by atoms with van der Waals surface area (Å²) in [5.41, 5.74) is 3.63. The van der Waals surface area contributed by atoms with Gasteiger partial charge < -0.3 is 9.64 Å². The molecule has 6 heteroatoms. The van der Waals surface area contributed by atoms with Crippen molar-refractivity contribution in [2.45, 2.75) is 46.0 Å². The number of hydrogen-bond acceptors (Lipinski definition) is 4. The standard InChI is InChI=1S/C25H31N3O3/c1-18-23(19(2)28(26-18)22-10-4-3-5-11-22)12-13-25(30)31-17-24(29)27-15-14-20-8-6-7-9-21(20)16-27/h3-5,10-13,20-21H,6-9,14-17H2,1-2H3/b13-12+/t20-,21+/m1/s1. The summed E-state index contributed by atoms with van der Waals surface area (Å²) in [6.07, 6.45) is 9.28. The lowest BCUT2D eigenvalue weighted by atomic mass is 9.75. The number of rotatable bonds is 5. The fourth-order valence-corrected chi connectivity index (χ4v) is 4.97. The van der Waals surface area contributed by atoms with Crippen LogP contribution in [0.1, 0.15) is 49.1 Å². The lowest BCUT2D eigenvalue weighted by Crippen LogP contribution is -2.46. The molecule has 2 atom stereocenters. The van der Waals surface area contributed by atoms with Crippen molar-refractivity contribution in [3.8, 4) is 5.69 Å². The molecule has 1 saturated carbocycles. The normalized spacial score (nSPS) is 21.2. The van der Waals surface area contributed by atoms with Crippen molar-refractivity contribution in [1.82, 2.24) is 14.7 Å². The van der Waals surface area contributed by atoms with Crippen LogP contribution in [0, 0.1) is 25.7 Å². The van der Waals surface area contributed by atoms with E-state index in [1.54, 1.807) is 6.08 Å². The number of fused-ring (bicyclic) bond motifs is 1. The molecule has 164 valence electrons. The minimum absolute atomic E-state index is 0.0879. The molecule has 1 aromatic heterocycles. The van der Waals surface area contributed by atoms with Gasteiger partial charge in [-0.25, -0.2) is 9.48 Å². The molecule has 0 N–H and O–H groups in total. The van der Waals surface area contributed by atoms with Crippen molar-refractivity contribution >= 4 is 18.0 Å². The number of esters is 1. The molecule has 2 aromatic rings. The van der Waals surface area contributed by atoms with Crippen LogP contribution in [0.5, 0.6) is 0 Å². The van der Waals surface area contributed by atoms with Gasteiger partial charge >= 0.3 is 5.97 Å². The van der Waals surface area contributed by atoms with Crippen LogP contribution in [-0.4, -0.2) is 46.3 Å². The van der Waals surface area contributed by atoms with Gasteiger partial charge in [0, 0.05) is 30.4 Å². The minimum Gasteiger partial charge on any atom is -0.452 e. The van der Waals surface area contributed by atoms with Gasteiger partial charge in [0.15, 0.2) is 6.61 Å². The lowest BCUT2D eigenvalue weighted by Gasteiger charge is -2.41. The summed E-state index contributed by atoms with van der Waals surface area (Å²) in [6.45, 7) is 5.28. The molecule has 6 nitrogen and oxygen atoms in total. The van der Waals surface area contributed by atoms with Gasteiger partial charge in [0.1, 0.15) is 0 Å². The van der Waals surface area contributed by atoms with Gasteiger partial charge in [0.05, 0.1) is 11.4 Å². The van der Waals surface area contributed by atoms with E-state index in [1.807, 2.05) is 53.8 Å². The Labute approximate surface area is 183 Å². The Kier molecular flexibility index (Phi) is 6.54. The maximum atomic E-state index is 12.5. The number of para-hydroxylation sites is 1. The highest BCUT2D eigenvalue weighted by molar-refractivity contribution is 5.89. The van der Waals surface area contributed by atoms with Crippen molar-refractivity contribution in [2.24, 2.45) is 11.8 Å². The first-order valence-corrected chi connectivity index (χ1v) is 11.3. The molecular formula is C25H31N3O3. The van der Waals surface area contributed by atoms with Crippen LogP contribution >= 0.6 is 0 Å². The number of carbonyl (C=O) groups is 2. The van der Waals surface area contributed by atoms with Crippen molar-refractivity contribution in [3.05, 3.63) is 53.4 Å². The molecular weight excluding hydrogens is 390 g/mol. The first-order chi connectivity index (χ1) is 15.0. The number of piperidine rings is 1. The largest absolute Gasteiger partial charge is 0.452 e. The van der Waals surface area contributed by atoms with E-state index in [9.17, 15) is 9.59 Å². The first kappa shape index (κ1) is 21.3. The molecule has 1 aliphatic carbocycles. The topological polar surface area (TPSA) is 64.4 Å². The fraction of sp³-hybridized carbons (Fsp3) is 0.480. The zero-order valence-corrected chi connectivity index (χ0v) is 18.4. The Balaban J connectivity index is 1.32.